The van der Waals surface area contributed by atoms with Crippen LogP contribution < -0.4 is 10.6 Å². The van der Waals surface area contributed by atoms with Crippen LogP contribution in [-0.4, -0.2) is 19.1 Å². The highest BCUT2D eigenvalue weighted by molar-refractivity contribution is 9.11. The van der Waals surface area contributed by atoms with Gasteiger partial charge >= 0.3 is 6.03 Å². The lowest BCUT2D eigenvalue weighted by Crippen LogP contribution is -2.36. The summed E-state index contributed by atoms with van der Waals surface area (Å²) in [4.78, 5) is 10.9. The van der Waals surface area contributed by atoms with Crippen LogP contribution in [0.2, 0.25) is 0 Å². The minimum Gasteiger partial charge on any atom is -0.334 e. The van der Waals surface area contributed by atoms with Crippen molar-refractivity contribution < 1.29 is 4.79 Å². The van der Waals surface area contributed by atoms with Crippen molar-refractivity contribution in [3.05, 3.63) is 11.1 Å². The quantitative estimate of drug-likeness (QED) is 0.704. The fourth-order valence-electron chi connectivity index (χ4n) is 0.452. The molecule has 4 heteroatoms. The SMILES string of the molecule is C=C(Br)CNC(=O)NCC#CC. The topological polar surface area (TPSA) is 41.1 Å². The van der Waals surface area contributed by atoms with Crippen LogP contribution in [0, 0.1) is 11.8 Å². The fraction of sp³-hybridized carbons (Fsp3) is 0.375. The largest absolute Gasteiger partial charge is 0.334 e. The summed E-state index contributed by atoms with van der Waals surface area (Å²) >= 11 is 3.12. The lowest BCUT2D eigenvalue weighted by atomic mass is 10.6. The molecule has 2 N–H and O–H groups in total. The lowest BCUT2D eigenvalue weighted by Gasteiger charge is -2.02. The second kappa shape index (κ2) is 6.74. The number of hydrogen-bond acceptors (Lipinski definition) is 1. The molecule has 0 aromatic heterocycles. The fourth-order valence-corrected chi connectivity index (χ4v) is 0.592. The Morgan fingerprint density at radius 1 is 1.58 bits per heavy atom. The smallest absolute Gasteiger partial charge is 0.315 e. The van der Waals surface area contributed by atoms with Gasteiger partial charge in [0, 0.05) is 4.48 Å². The molecule has 0 spiro atoms. The number of carbonyl (C=O) groups excluding carboxylic acids is 1. The van der Waals surface area contributed by atoms with E-state index >= 15 is 0 Å². The van der Waals surface area contributed by atoms with Gasteiger partial charge in [0.15, 0.2) is 0 Å². The van der Waals surface area contributed by atoms with Crippen molar-refractivity contribution >= 4 is 22.0 Å². The van der Waals surface area contributed by atoms with Crippen molar-refractivity contribution in [3.8, 4) is 11.8 Å². The molecule has 12 heavy (non-hydrogen) atoms. The van der Waals surface area contributed by atoms with Gasteiger partial charge in [0.05, 0.1) is 13.1 Å². The summed E-state index contributed by atoms with van der Waals surface area (Å²) in [5.74, 6) is 5.38. The average Bonchev–Trinajstić information content (AvgIpc) is 2.01. The van der Waals surface area contributed by atoms with Crippen LogP contribution in [0.4, 0.5) is 4.79 Å². The summed E-state index contributed by atoms with van der Waals surface area (Å²) in [6.45, 7) is 6.09. The molecule has 0 saturated carbocycles. The third-order valence-electron chi connectivity index (χ3n) is 0.955. The van der Waals surface area contributed by atoms with Gasteiger partial charge in [-0.15, -0.1) is 5.92 Å². The Balaban J connectivity index is 3.44. The maximum Gasteiger partial charge on any atom is 0.315 e. The maximum atomic E-state index is 10.9. The molecule has 0 aliphatic carbocycles. The highest BCUT2D eigenvalue weighted by atomic mass is 79.9. The monoisotopic (exact) mass is 230 g/mol. The zero-order valence-electron chi connectivity index (χ0n) is 6.91. The molecule has 0 aliphatic rings. The highest BCUT2D eigenvalue weighted by Gasteiger charge is 1.95. The standard InChI is InChI=1S/C8H11BrN2O/c1-3-4-5-10-8(12)11-6-7(2)9/h2,5-6H2,1H3,(H2,10,11,12). The van der Waals surface area contributed by atoms with E-state index in [4.69, 9.17) is 0 Å². The zero-order valence-corrected chi connectivity index (χ0v) is 8.49. The normalized spacial score (nSPS) is 7.83. The Kier molecular flexibility index (Phi) is 6.21. The number of nitrogens with one attached hydrogen (secondary N) is 2. The van der Waals surface area contributed by atoms with Gasteiger partial charge in [-0.3, -0.25) is 0 Å². The van der Waals surface area contributed by atoms with Crippen molar-refractivity contribution in [2.75, 3.05) is 13.1 Å². The Morgan fingerprint density at radius 3 is 2.75 bits per heavy atom. The van der Waals surface area contributed by atoms with E-state index in [0.717, 1.165) is 4.48 Å². The Bertz CT molecular complexity index is 227. The van der Waals surface area contributed by atoms with E-state index in [2.05, 4.69) is 45.0 Å². The first-order chi connectivity index (χ1) is 5.66. The molecule has 0 aliphatic heterocycles. The van der Waals surface area contributed by atoms with Crippen molar-refractivity contribution in [1.29, 1.82) is 0 Å². The Hall–Kier alpha value is -0.950. The molecule has 0 atom stereocenters. The zero-order chi connectivity index (χ0) is 9.40. The number of carbonyl (C=O) groups is 1. The van der Waals surface area contributed by atoms with Gasteiger partial charge in [0.1, 0.15) is 0 Å². The number of amides is 2. The minimum absolute atomic E-state index is 0.238. The van der Waals surface area contributed by atoms with E-state index in [9.17, 15) is 4.79 Å². The second-order valence-corrected chi connectivity index (χ2v) is 3.10. The molecule has 0 radical (unpaired) electrons. The molecule has 0 saturated heterocycles. The molecule has 0 rings (SSSR count). The van der Waals surface area contributed by atoms with Crippen LogP contribution in [-0.2, 0) is 0 Å². The van der Waals surface area contributed by atoms with E-state index in [-0.39, 0.29) is 6.03 Å². The first kappa shape index (κ1) is 11.1. The van der Waals surface area contributed by atoms with Crippen LogP contribution in [0.15, 0.2) is 11.1 Å². The maximum absolute atomic E-state index is 10.9. The second-order valence-electron chi connectivity index (χ2n) is 1.98. The molecule has 0 bridgehead atoms. The summed E-state index contributed by atoms with van der Waals surface area (Å²) in [5, 5.41) is 5.13. The first-order valence-corrected chi connectivity index (χ1v) is 4.20. The van der Waals surface area contributed by atoms with Gasteiger partial charge in [-0.1, -0.05) is 28.4 Å². The molecular weight excluding hydrogens is 220 g/mol. The summed E-state index contributed by atoms with van der Waals surface area (Å²) in [6.07, 6.45) is 0. The molecule has 0 fully saturated rings. The van der Waals surface area contributed by atoms with Gasteiger partial charge in [-0.25, -0.2) is 4.79 Å². The molecule has 3 nitrogen and oxygen atoms in total. The predicted octanol–water partition coefficient (Wildman–Crippen LogP) is 1.22. The Labute approximate surface area is 80.7 Å². The molecule has 2 amide bonds. The predicted molar refractivity (Wildman–Crippen MR) is 52.9 cm³/mol. The molecule has 66 valence electrons. The van der Waals surface area contributed by atoms with Crippen molar-refractivity contribution in [1.82, 2.24) is 10.6 Å². The van der Waals surface area contributed by atoms with E-state index in [0.29, 0.717) is 13.1 Å². The molecular formula is C8H11BrN2O. The third kappa shape index (κ3) is 7.16. The molecule has 0 aromatic rings. The summed E-state index contributed by atoms with van der Waals surface area (Å²) in [7, 11) is 0. The Morgan fingerprint density at radius 2 is 2.25 bits per heavy atom. The van der Waals surface area contributed by atoms with Gasteiger partial charge < -0.3 is 10.6 Å². The third-order valence-corrected chi connectivity index (χ3v) is 1.24. The van der Waals surface area contributed by atoms with Crippen LogP contribution >= 0.6 is 15.9 Å². The minimum atomic E-state index is -0.238. The molecule has 0 unspecified atom stereocenters. The van der Waals surface area contributed by atoms with Crippen LogP contribution in [0.3, 0.4) is 0 Å². The summed E-state index contributed by atoms with van der Waals surface area (Å²) in [6, 6.07) is -0.238. The number of urea groups is 1. The van der Waals surface area contributed by atoms with Crippen LogP contribution in [0.1, 0.15) is 6.92 Å². The van der Waals surface area contributed by atoms with Gasteiger partial charge in [-0.2, -0.15) is 0 Å². The molecule has 0 aromatic carbocycles. The van der Waals surface area contributed by atoms with Crippen molar-refractivity contribution in [2.45, 2.75) is 6.92 Å². The average molecular weight is 231 g/mol. The van der Waals surface area contributed by atoms with Gasteiger partial charge in [0.25, 0.3) is 0 Å². The number of rotatable bonds is 3. The number of hydrogen-bond donors (Lipinski definition) is 2. The van der Waals surface area contributed by atoms with Crippen LogP contribution in [0.5, 0.6) is 0 Å². The first-order valence-electron chi connectivity index (χ1n) is 3.41. The van der Waals surface area contributed by atoms with E-state index in [1.165, 1.54) is 0 Å². The summed E-state index contributed by atoms with van der Waals surface area (Å²) < 4.78 is 0.735. The van der Waals surface area contributed by atoms with E-state index < -0.39 is 0 Å². The van der Waals surface area contributed by atoms with Gasteiger partial charge in [-0.05, 0) is 6.92 Å². The number of halogens is 1. The van der Waals surface area contributed by atoms with Crippen LogP contribution in [0.25, 0.3) is 0 Å². The van der Waals surface area contributed by atoms with Crippen molar-refractivity contribution in [2.24, 2.45) is 0 Å². The van der Waals surface area contributed by atoms with E-state index in [1.54, 1.807) is 6.92 Å². The summed E-state index contributed by atoms with van der Waals surface area (Å²) in [5.41, 5.74) is 0. The van der Waals surface area contributed by atoms with Crippen molar-refractivity contribution in [3.63, 3.8) is 0 Å². The lowest BCUT2D eigenvalue weighted by molar-refractivity contribution is 0.243. The van der Waals surface area contributed by atoms with E-state index in [1.807, 2.05) is 0 Å². The van der Waals surface area contributed by atoms with Gasteiger partial charge in [0.2, 0.25) is 0 Å². The molecule has 0 heterocycles. The highest BCUT2D eigenvalue weighted by Crippen LogP contribution is 1.95.